The van der Waals surface area contributed by atoms with Crippen molar-refractivity contribution in [3.63, 3.8) is 0 Å². The second-order valence-corrected chi connectivity index (χ2v) is 6.93. The van der Waals surface area contributed by atoms with Crippen LogP contribution in [0.1, 0.15) is 73.5 Å². The number of anilines is 1. The van der Waals surface area contributed by atoms with Gasteiger partial charge in [0.25, 0.3) is 5.91 Å². The molecule has 1 amide bonds. The first-order valence-corrected chi connectivity index (χ1v) is 8.40. The van der Waals surface area contributed by atoms with Gasteiger partial charge in [-0.25, -0.2) is 0 Å². The summed E-state index contributed by atoms with van der Waals surface area (Å²) in [6.45, 7) is 0.866. The molecule has 1 aromatic rings. The van der Waals surface area contributed by atoms with Crippen LogP contribution < -0.4 is 5.73 Å². The molecular weight excluding hydrogens is 264 g/mol. The number of hydrogen-bond acceptors (Lipinski definition) is 3. The third kappa shape index (κ3) is 2.23. The van der Waals surface area contributed by atoms with E-state index in [1.54, 1.807) is 0 Å². The van der Waals surface area contributed by atoms with Gasteiger partial charge in [-0.15, -0.1) is 0 Å². The van der Waals surface area contributed by atoms with Gasteiger partial charge in [-0.05, 0) is 44.4 Å². The fourth-order valence-electron chi connectivity index (χ4n) is 4.22. The lowest BCUT2D eigenvalue weighted by molar-refractivity contribution is 0.0386. The molecule has 1 saturated heterocycles. The maximum atomic E-state index is 12.9. The second-order valence-electron chi connectivity index (χ2n) is 6.93. The zero-order valence-corrected chi connectivity index (χ0v) is 12.5. The summed E-state index contributed by atoms with van der Waals surface area (Å²) in [5.41, 5.74) is 8.22. The largest absolute Gasteiger partial charge is 0.395 e. The summed E-state index contributed by atoms with van der Waals surface area (Å²) in [6, 6.07) is 0.417. The molecule has 2 atom stereocenters. The Bertz CT molecular complexity index is 546. The quantitative estimate of drug-likeness (QED) is 0.878. The van der Waals surface area contributed by atoms with Gasteiger partial charge in [0.2, 0.25) is 0 Å². The van der Waals surface area contributed by atoms with Gasteiger partial charge < -0.3 is 10.6 Å². The third-order valence-electron chi connectivity index (χ3n) is 5.53. The molecule has 2 saturated carbocycles. The minimum atomic E-state index is 0.0484. The number of likely N-dealkylation sites (tertiary alicyclic amines) is 1. The van der Waals surface area contributed by atoms with Crippen LogP contribution >= 0.6 is 0 Å². The molecule has 2 unspecified atom stereocenters. The number of carbonyl (C=O) groups excluding carboxylic acids is 1. The van der Waals surface area contributed by atoms with Gasteiger partial charge in [0.15, 0.2) is 5.69 Å². The lowest BCUT2D eigenvalue weighted by atomic mass is 9.78. The lowest BCUT2D eigenvalue weighted by Crippen LogP contribution is -2.49. The zero-order valence-electron chi connectivity index (χ0n) is 12.5. The Morgan fingerprint density at radius 3 is 2.71 bits per heavy atom. The summed E-state index contributed by atoms with van der Waals surface area (Å²) in [4.78, 5) is 15.0. The molecule has 4 rings (SSSR count). The Morgan fingerprint density at radius 2 is 1.90 bits per heavy atom. The van der Waals surface area contributed by atoms with Crippen molar-refractivity contribution in [1.29, 1.82) is 0 Å². The van der Waals surface area contributed by atoms with Gasteiger partial charge in [0, 0.05) is 18.5 Å². The number of piperidine rings is 1. The molecule has 0 aromatic carbocycles. The molecule has 3 fully saturated rings. The maximum absolute atomic E-state index is 12.9. The summed E-state index contributed by atoms with van der Waals surface area (Å²) < 4.78 is 0. The molecule has 21 heavy (non-hydrogen) atoms. The van der Waals surface area contributed by atoms with E-state index in [1.165, 1.54) is 25.7 Å². The van der Waals surface area contributed by atoms with Crippen LogP contribution in [-0.4, -0.2) is 33.6 Å². The average molecular weight is 288 g/mol. The normalized spacial score (nSPS) is 29.2. The van der Waals surface area contributed by atoms with E-state index in [0.717, 1.165) is 37.9 Å². The summed E-state index contributed by atoms with van der Waals surface area (Å²) in [5, 5.41) is 7.25. The number of nitrogens with one attached hydrogen (secondary N) is 1. The number of nitrogen functional groups attached to an aromatic ring is 1. The molecule has 0 radical (unpaired) electrons. The third-order valence-corrected chi connectivity index (χ3v) is 5.53. The number of rotatable bonds is 2. The van der Waals surface area contributed by atoms with Gasteiger partial charge in [-0.3, -0.25) is 9.89 Å². The first-order chi connectivity index (χ1) is 10.3. The van der Waals surface area contributed by atoms with Crippen molar-refractivity contribution in [3.05, 3.63) is 11.4 Å². The predicted octanol–water partition coefficient (Wildman–Crippen LogP) is 2.66. The number of nitrogens with zero attached hydrogens (tertiary/aromatic N) is 2. The summed E-state index contributed by atoms with van der Waals surface area (Å²) >= 11 is 0. The fourth-order valence-corrected chi connectivity index (χ4v) is 4.22. The van der Waals surface area contributed by atoms with Crippen molar-refractivity contribution in [1.82, 2.24) is 15.1 Å². The summed E-state index contributed by atoms with van der Waals surface area (Å²) in [5.74, 6) is 1.25. The highest BCUT2D eigenvalue weighted by molar-refractivity contribution is 5.98. The van der Waals surface area contributed by atoms with Crippen molar-refractivity contribution < 1.29 is 4.79 Å². The highest BCUT2D eigenvalue weighted by atomic mass is 16.2. The minimum absolute atomic E-state index is 0.0484. The van der Waals surface area contributed by atoms with Crippen LogP contribution in [-0.2, 0) is 0 Å². The van der Waals surface area contributed by atoms with Crippen LogP contribution in [0.2, 0.25) is 0 Å². The molecule has 114 valence electrons. The van der Waals surface area contributed by atoms with E-state index in [0.29, 0.717) is 29.3 Å². The van der Waals surface area contributed by atoms with Crippen molar-refractivity contribution in [2.45, 2.75) is 63.3 Å². The molecule has 1 aliphatic heterocycles. The van der Waals surface area contributed by atoms with Crippen molar-refractivity contribution >= 4 is 11.6 Å². The molecule has 0 bridgehead atoms. The van der Waals surface area contributed by atoms with Crippen molar-refractivity contribution in [3.8, 4) is 0 Å². The zero-order chi connectivity index (χ0) is 14.4. The average Bonchev–Trinajstić information content (AvgIpc) is 3.29. The second kappa shape index (κ2) is 5.04. The van der Waals surface area contributed by atoms with Gasteiger partial charge in [0.05, 0.1) is 11.4 Å². The van der Waals surface area contributed by atoms with E-state index < -0.39 is 0 Å². The number of hydrogen-bond donors (Lipinski definition) is 2. The molecule has 2 heterocycles. The Morgan fingerprint density at radius 1 is 1.14 bits per heavy atom. The first kappa shape index (κ1) is 13.2. The molecule has 0 spiro atoms. The topological polar surface area (TPSA) is 75.0 Å². The smallest absolute Gasteiger partial charge is 0.276 e. The Hall–Kier alpha value is -1.52. The van der Waals surface area contributed by atoms with E-state index >= 15 is 0 Å². The maximum Gasteiger partial charge on any atom is 0.276 e. The van der Waals surface area contributed by atoms with Gasteiger partial charge >= 0.3 is 0 Å². The van der Waals surface area contributed by atoms with Crippen molar-refractivity contribution in [2.24, 2.45) is 5.92 Å². The van der Waals surface area contributed by atoms with E-state index in [4.69, 9.17) is 5.73 Å². The molecular formula is C16H24N4O. The highest BCUT2D eigenvalue weighted by Crippen LogP contribution is 2.43. The van der Waals surface area contributed by atoms with Gasteiger partial charge in [-0.1, -0.05) is 12.8 Å². The van der Waals surface area contributed by atoms with E-state index in [2.05, 4.69) is 15.1 Å². The van der Waals surface area contributed by atoms with E-state index in [-0.39, 0.29) is 5.91 Å². The number of fused-ring (bicyclic) bond motifs is 1. The Balaban J connectivity index is 1.58. The fraction of sp³-hybridized carbons (Fsp3) is 0.750. The van der Waals surface area contributed by atoms with Gasteiger partial charge in [-0.2, -0.15) is 5.10 Å². The summed E-state index contributed by atoms with van der Waals surface area (Å²) in [6.07, 6.45) is 9.70. The molecule has 2 aliphatic carbocycles. The predicted molar refractivity (Wildman–Crippen MR) is 81.0 cm³/mol. The van der Waals surface area contributed by atoms with Crippen LogP contribution in [0.15, 0.2) is 0 Å². The number of H-pyrrole nitrogens is 1. The van der Waals surface area contributed by atoms with Crippen LogP contribution in [0, 0.1) is 5.92 Å². The highest BCUT2D eigenvalue weighted by Gasteiger charge is 2.38. The number of amides is 1. The SMILES string of the molecule is Nc1c(C(=O)N2CCCC3CCCCC32)n[nH]c1C1CC1. The van der Waals surface area contributed by atoms with Crippen LogP contribution in [0.3, 0.4) is 0 Å². The molecule has 5 heteroatoms. The number of aromatic nitrogens is 2. The monoisotopic (exact) mass is 288 g/mol. The summed E-state index contributed by atoms with van der Waals surface area (Å²) in [7, 11) is 0. The standard InChI is InChI=1S/C16H24N4O/c17-13-14(11-7-8-11)18-19-15(13)16(21)20-9-3-5-10-4-1-2-6-12(10)20/h10-12H,1-9,17H2,(H,18,19). The molecule has 3 aliphatic rings. The Kier molecular flexibility index (Phi) is 3.16. The van der Waals surface area contributed by atoms with Crippen LogP contribution in [0.4, 0.5) is 5.69 Å². The van der Waals surface area contributed by atoms with E-state index in [1.807, 2.05) is 0 Å². The molecule has 1 aromatic heterocycles. The number of nitrogens with two attached hydrogens (primary N) is 1. The molecule has 5 nitrogen and oxygen atoms in total. The number of carbonyl (C=O) groups is 1. The Labute approximate surface area is 125 Å². The number of aromatic amines is 1. The van der Waals surface area contributed by atoms with E-state index in [9.17, 15) is 4.79 Å². The van der Waals surface area contributed by atoms with Crippen LogP contribution in [0.5, 0.6) is 0 Å². The van der Waals surface area contributed by atoms with Gasteiger partial charge in [0.1, 0.15) is 0 Å². The molecule has 3 N–H and O–H groups in total. The minimum Gasteiger partial charge on any atom is -0.395 e. The lowest BCUT2D eigenvalue weighted by Gasteiger charge is -2.43. The van der Waals surface area contributed by atoms with Crippen molar-refractivity contribution in [2.75, 3.05) is 12.3 Å². The van der Waals surface area contributed by atoms with Crippen LogP contribution in [0.25, 0.3) is 0 Å². The first-order valence-electron chi connectivity index (χ1n) is 8.40.